The summed E-state index contributed by atoms with van der Waals surface area (Å²) in [5.41, 5.74) is 1.14. The summed E-state index contributed by atoms with van der Waals surface area (Å²) in [6.07, 6.45) is 6.72. The van der Waals surface area contributed by atoms with Gasteiger partial charge in [0.2, 0.25) is 0 Å². The first kappa shape index (κ1) is 11.9. The smallest absolute Gasteiger partial charge is 0.0837 e. The van der Waals surface area contributed by atoms with Gasteiger partial charge in [0.25, 0.3) is 0 Å². The van der Waals surface area contributed by atoms with E-state index in [0.717, 1.165) is 30.2 Å². The lowest BCUT2D eigenvalue weighted by atomic mass is 9.92. The molecule has 0 aromatic carbocycles. The van der Waals surface area contributed by atoms with Crippen LogP contribution in [0, 0.1) is 0 Å². The summed E-state index contributed by atoms with van der Waals surface area (Å²) in [5, 5.41) is 8.75. The second kappa shape index (κ2) is 4.76. The maximum absolute atomic E-state index is 6.28. The molecule has 1 fully saturated rings. The van der Waals surface area contributed by atoms with Gasteiger partial charge in [0.05, 0.1) is 22.5 Å². The van der Waals surface area contributed by atoms with Crippen molar-refractivity contribution in [2.24, 2.45) is 0 Å². The van der Waals surface area contributed by atoms with Crippen LogP contribution in [-0.2, 0) is 12.1 Å². The Bertz CT molecular complexity index is 351. The highest BCUT2D eigenvalue weighted by molar-refractivity contribution is 6.31. The molecule has 1 atom stereocenters. The molecule has 1 aliphatic heterocycles. The summed E-state index contributed by atoms with van der Waals surface area (Å²) in [6, 6.07) is 0. The fraction of sp³-hybridized carbons (Fsp3) is 0.750. The molecule has 1 saturated heterocycles. The van der Waals surface area contributed by atoms with Gasteiger partial charge in [0.15, 0.2) is 0 Å². The molecule has 2 heterocycles. The predicted octanol–water partition coefficient (Wildman–Crippen LogP) is 2.94. The van der Waals surface area contributed by atoms with Crippen LogP contribution in [0.2, 0.25) is 5.02 Å². The summed E-state index contributed by atoms with van der Waals surface area (Å²) in [6.45, 7) is 6.29. The van der Waals surface area contributed by atoms with E-state index in [0.29, 0.717) is 0 Å². The SMILES string of the molecule is CCn1ncc(Cl)c1C1(C)CCCCCN1. The van der Waals surface area contributed by atoms with E-state index in [1.807, 2.05) is 4.68 Å². The molecular weight excluding hydrogens is 222 g/mol. The molecule has 1 aromatic rings. The Labute approximate surface area is 102 Å². The van der Waals surface area contributed by atoms with Gasteiger partial charge in [-0.3, -0.25) is 4.68 Å². The zero-order valence-corrected chi connectivity index (χ0v) is 10.8. The highest BCUT2D eigenvalue weighted by atomic mass is 35.5. The maximum Gasteiger partial charge on any atom is 0.0837 e. The fourth-order valence-electron chi connectivity index (χ4n) is 2.59. The van der Waals surface area contributed by atoms with Crippen molar-refractivity contribution in [3.8, 4) is 0 Å². The standard InChI is InChI=1S/C12H20ClN3/c1-3-16-11(10(13)9-15-16)12(2)7-5-4-6-8-14-12/h9,14H,3-8H2,1-2H3. The third kappa shape index (κ3) is 2.11. The monoisotopic (exact) mass is 241 g/mol. The van der Waals surface area contributed by atoms with Crippen molar-refractivity contribution >= 4 is 11.6 Å². The van der Waals surface area contributed by atoms with E-state index in [9.17, 15) is 0 Å². The molecule has 16 heavy (non-hydrogen) atoms. The second-order valence-electron chi connectivity index (χ2n) is 4.73. The van der Waals surface area contributed by atoms with Gasteiger partial charge < -0.3 is 5.32 Å². The van der Waals surface area contributed by atoms with Crippen LogP contribution >= 0.6 is 11.6 Å². The molecule has 4 heteroatoms. The van der Waals surface area contributed by atoms with Gasteiger partial charge in [-0.15, -0.1) is 0 Å². The second-order valence-corrected chi connectivity index (χ2v) is 5.13. The van der Waals surface area contributed by atoms with Crippen molar-refractivity contribution < 1.29 is 0 Å². The average molecular weight is 242 g/mol. The van der Waals surface area contributed by atoms with E-state index in [1.165, 1.54) is 19.3 Å². The Morgan fingerprint density at radius 1 is 1.50 bits per heavy atom. The molecule has 1 N–H and O–H groups in total. The molecule has 0 bridgehead atoms. The van der Waals surface area contributed by atoms with Crippen LogP contribution in [0.4, 0.5) is 0 Å². The van der Waals surface area contributed by atoms with Crippen molar-refractivity contribution in [1.82, 2.24) is 15.1 Å². The normalized spacial score (nSPS) is 26.7. The van der Waals surface area contributed by atoms with E-state index >= 15 is 0 Å². The minimum Gasteiger partial charge on any atom is -0.306 e. The summed E-state index contributed by atoms with van der Waals surface area (Å²) in [4.78, 5) is 0. The summed E-state index contributed by atoms with van der Waals surface area (Å²) >= 11 is 6.28. The first-order chi connectivity index (χ1) is 7.67. The Morgan fingerprint density at radius 2 is 2.31 bits per heavy atom. The molecule has 3 nitrogen and oxygen atoms in total. The van der Waals surface area contributed by atoms with E-state index in [1.54, 1.807) is 6.20 Å². The number of rotatable bonds is 2. The summed E-state index contributed by atoms with van der Waals surface area (Å²) < 4.78 is 2.01. The Morgan fingerprint density at radius 3 is 3.06 bits per heavy atom. The third-order valence-electron chi connectivity index (χ3n) is 3.49. The molecular formula is C12H20ClN3. The Balaban J connectivity index is 2.35. The van der Waals surface area contributed by atoms with Crippen LogP contribution < -0.4 is 5.32 Å². The number of aromatic nitrogens is 2. The van der Waals surface area contributed by atoms with Crippen LogP contribution in [-0.4, -0.2) is 16.3 Å². The number of hydrogen-bond donors (Lipinski definition) is 1. The van der Waals surface area contributed by atoms with Gasteiger partial charge in [-0.1, -0.05) is 24.4 Å². The van der Waals surface area contributed by atoms with Gasteiger partial charge in [0.1, 0.15) is 0 Å². The van der Waals surface area contributed by atoms with Crippen molar-refractivity contribution in [2.75, 3.05) is 6.54 Å². The molecule has 1 aliphatic rings. The van der Waals surface area contributed by atoms with Crippen molar-refractivity contribution in [3.05, 3.63) is 16.9 Å². The highest BCUT2D eigenvalue weighted by Crippen LogP contribution is 2.33. The molecule has 0 radical (unpaired) electrons. The Kier molecular flexibility index (Phi) is 3.55. The number of hydrogen-bond acceptors (Lipinski definition) is 2. The lowest BCUT2D eigenvalue weighted by molar-refractivity contribution is 0.330. The molecule has 1 aromatic heterocycles. The van der Waals surface area contributed by atoms with Crippen LogP contribution in [0.3, 0.4) is 0 Å². The van der Waals surface area contributed by atoms with Crippen molar-refractivity contribution in [1.29, 1.82) is 0 Å². The van der Waals surface area contributed by atoms with Crippen LogP contribution in [0.15, 0.2) is 6.20 Å². The Hall–Kier alpha value is -0.540. The van der Waals surface area contributed by atoms with Gasteiger partial charge in [-0.25, -0.2) is 0 Å². The lowest BCUT2D eigenvalue weighted by Gasteiger charge is -2.30. The lowest BCUT2D eigenvalue weighted by Crippen LogP contribution is -2.41. The maximum atomic E-state index is 6.28. The molecule has 1 unspecified atom stereocenters. The first-order valence-corrected chi connectivity index (χ1v) is 6.52. The first-order valence-electron chi connectivity index (χ1n) is 6.14. The molecule has 90 valence electrons. The van der Waals surface area contributed by atoms with E-state index < -0.39 is 0 Å². The predicted molar refractivity (Wildman–Crippen MR) is 66.7 cm³/mol. The minimum absolute atomic E-state index is 0.0138. The average Bonchev–Trinajstić information content (AvgIpc) is 2.51. The zero-order valence-electron chi connectivity index (χ0n) is 10.1. The van der Waals surface area contributed by atoms with E-state index in [-0.39, 0.29) is 5.54 Å². The van der Waals surface area contributed by atoms with Gasteiger partial charge in [0, 0.05) is 6.54 Å². The molecule has 0 aliphatic carbocycles. The number of halogens is 1. The zero-order chi connectivity index (χ0) is 11.6. The largest absolute Gasteiger partial charge is 0.306 e. The molecule has 0 amide bonds. The highest BCUT2D eigenvalue weighted by Gasteiger charge is 2.32. The molecule has 0 spiro atoms. The van der Waals surface area contributed by atoms with Crippen LogP contribution in [0.5, 0.6) is 0 Å². The fourth-order valence-corrected chi connectivity index (χ4v) is 2.94. The third-order valence-corrected chi connectivity index (χ3v) is 3.76. The van der Waals surface area contributed by atoms with Gasteiger partial charge in [-0.2, -0.15) is 5.10 Å². The summed E-state index contributed by atoms with van der Waals surface area (Å²) in [5.74, 6) is 0. The van der Waals surface area contributed by atoms with E-state index in [4.69, 9.17) is 11.6 Å². The topological polar surface area (TPSA) is 29.9 Å². The van der Waals surface area contributed by atoms with Crippen LogP contribution in [0.25, 0.3) is 0 Å². The number of nitrogens with zero attached hydrogens (tertiary/aromatic N) is 2. The van der Waals surface area contributed by atoms with E-state index in [2.05, 4.69) is 24.3 Å². The number of nitrogens with one attached hydrogen (secondary N) is 1. The van der Waals surface area contributed by atoms with Gasteiger partial charge in [-0.05, 0) is 33.2 Å². The summed E-state index contributed by atoms with van der Waals surface area (Å²) in [7, 11) is 0. The minimum atomic E-state index is -0.0138. The number of aryl methyl sites for hydroxylation is 1. The van der Waals surface area contributed by atoms with Gasteiger partial charge >= 0.3 is 0 Å². The van der Waals surface area contributed by atoms with Crippen molar-refractivity contribution in [2.45, 2.75) is 51.6 Å². The van der Waals surface area contributed by atoms with Crippen molar-refractivity contribution in [3.63, 3.8) is 0 Å². The van der Waals surface area contributed by atoms with Crippen LogP contribution in [0.1, 0.15) is 45.2 Å². The quantitative estimate of drug-likeness (QED) is 0.863. The molecule has 2 rings (SSSR count). The molecule has 0 saturated carbocycles.